The van der Waals surface area contributed by atoms with Gasteiger partial charge in [0, 0.05) is 18.1 Å². The van der Waals surface area contributed by atoms with Crippen molar-refractivity contribution in [1.29, 1.82) is 0 Å². The summed E-state index contributed by atoms with van der Waals surface area (Å²) in [7, 11) is 4.22. The summed E-state index contributed by atoms with van der Waals surface area (Å²) in [6.07, 6.45) is 5.92. The van der Waals surface area contributed by atoms with Gasteiger partial charge >= 0.3 is 0 Å². The Bertz CT molecular complexity index is 216. The predicted octanol–water partition coefficient (Wildman–Crippen LogP) is 1.86. The van der Waals surface area contributed by atoms with Gasteiger partial charge in [-0.1, -0.05) is 20.3 Å². The van der Waals surface area contributed by atoms with E-state index in [-0.39, 0.29) is 12.1 Å². The maximum absolute atomic E-state index is 9.59. The lowest BCUT2D eigenvalue weighted by molar-refractivity contribution is 0.0693. The number of likely N-dealkylation sites (N-methyl/N-ethyl adjacent to an activating group) is 1. The Hall–Kier alpha value is -0.120. The van der Waals surface area contributed by atoms with E-state index in [9.17, 15) is 5.11 Å². The minimum atomic E-state index is -0.0351. The SMILES string of the molecule is CCC(C)CN(C)C1CCCC(CO)(NC)C1. The molecule has 0 radical (unpaired) electrons. The second kappa shape index (κ2) is 6.72. The van der Waals surface area contributed by atoms with E-state index < -0.39 is 0 Å². The van der Waals surface area contributed by atoms with Crippen molar-refractivity contribution in [2.75, 3.05) is 27.2 Å². The van der Waals surface area contributed by atoms with Crippen LogP contribution in [0.15, 0.2) is 0 Å². The molecule has 2 N–H and O–H groups in total. The molecule has 3 unspecified atom stereocenters. The van der Waals surface area contributed by atoms with Crippen molar-refractivity contribution in [2.45, 2.75) is 57.5 Å². The number of aliphatic hydroxyl groups is 1. The van der Waals surface area contributed by atoms with Gasteiger partial charge in [0.05, 0.1) is 6.61 Å². The molecule has 1 aliphatic carbocycles. The van der Waals surface area contributed by atoms with E-state index in [0.717, 1.165) is 18.8 Å². The first-order valence-corrected chi connectivity index (χ1v) is 7.07. The van der Waals surface area contributed by atoms with Crippen molar-refractivity contribution >= 4 is 0 Å². The molecule has 0 aromatic rings. The molecule has 0 amide bonds. The summed E-state index contributed by atoms with van der Waals surface area (Å²) >= 11 is 0. The fourth-order valence-electron chi connectivity index (χ4n) is 2.93. The van der Waals surface area contributed by atoms with E-state index in [0.29, 0.717) is 6.04 Å². The summed E-state index contributed by atoms with van der Waals surface area (Å²) in [5.41, 5.74) is -0.0351. The topological polar surface area (TPSA) is 35.5 Å². The highest BCUT2D eigenvalue weighted by atomic mass is 16.3. The second-order valence-corrected chi connectivity index (χ2v) is 5.89. The molecule has 0 aliphatic heterocycles. The van der Waals surface area contributed by atoms with E-state index in [4.69, 9.17) is 0 Å². The number of rotatable bonds is 6. The first-order chi connectivity index (χ1) is 8.06. The molecular weight excluding hydrogens is 212 g/mol. The van der Waals surface area contributed by atoms with Crippen molar-refractivity contribution in [3.63, 3.8) is 0 Å². The molecule has 17 heavy (non-hydrogen) atoms. The summed E-state index contributed by atoms with van der Waals surface area (Å²) < 4.78 is 0. The van der Waals surface area contributed by atoms with Gasteiger partial charge in [0.1, 0.15) is 0 Å². The lowest BCUT2D eigenvalue weighted by atomic mass is 9.79. The molecule has 1 saturated carbocycles. The van der Waals surface area contributed by atoms with Crippen LogP contribution < -0.4 is 5.32 Å². The van der Waals surface area contributed by atoms with Gasteiger partial charge in [-0.2, -0.15) is 0 Å². The smallest absolute Gasteiger partial charge is 0.0613 e. The number of hydrogen-bond acceptors (Lipinski definition) is 3. The number of nitrogens with zero attached hydrogens (tertiary/aromatic N) is 1. The van der Waals surface area contributed by atoms with Gasteiger partial charge in [-0.05, 0) is 45.7 Å². The average Bonchev–Trinajstić information content (AvgIpc) is 2.38. The normalized spacial score (nSPS) is 31.8. The molecule has 0 spiro atoms. The number of hydrogen-bond donors (Lipinski definition) is 2. The maximum atomic E-state index is 9.59. The fraction of sp³-hybridized carbons (Fsp3) is 1.00. The number of aliphatic hydroxyl groups excluding tert-OH is 1. The molecule has 0 heterocycles. The Labute approximate surface area is 107 Å². The lowest BCUT2D eigenvalue weighted by Crippen LogP contribution is -2.54. The van der Waals surface area contributed by atoms with Crippen LogP contribution >= 0.6 is 0 Å². The van der Waals surface area contributed by atoms with Crippen LogP contribution in [0, 0.1) is 5.92 Å². The fourth-order valence-corrected chi connectivity index (χ4v) is 2.93. The largest absolute Gasteiger partial charge is 0.394 e. The lowest BCUT2D eigenvalue weighted by Gasteiger charge is -2.43. The third-order valence-electron chi connectivity index (χ3n) is 4.57. The van der Waals surface area contributed by atoms with E-state index >= 15 is 0 Å². The maximum Gasteiger partial charge on any atom is 0.0613 e. The Kier molecular flexibility index (Phi) is 5.90. The molecule has 0 saturated heterocycles. The third kappa shape index (κ3) is 3.94. The summed E-state index contributed by atoms with van der Waals surface area (Å²) in [6, 6.07) is 0.623. The van der Waals surface area contributed by atoms with Crippen molar-refractivity contribution in [3.05, 3.63) is 0 Å². The van der Waals surface area contributed by atoms with Crippen LogP contribution in [-0.4, -0.2) is 48.8 Å². The Morgan fingerprint density at radius 1 is 1.53 bits per heavy atom. The highest BCUT2D eigenvalue weighted by molar-refractivity contribution is 4.95. The molecular formula is C14H30N2O. The minimum Gasteiger partial charge on any atom is -0.394 e. The van der Waals surface area contributed by atoms with Crippen LogP contribution in [0.1, 0.15) is 46.0 Å². The first-order valence-electron chi connectivity index (χ1n) is 7.07. The zero-order valence-corrected chi connectivity index (χ0v) is 12.0. The Balaban J connectivity index is 2.53. The van der Waals surface area contributed by atoms with Crippen LogP contribution in [0.2, 0.25) is 0 Å². The van der Waals surface area contributed by atoms with Gasteiger partial charge in [-0.25, -0.2) is 0 Å². The van der Waals surface area contributed by atoms with Crippen LogP contribution in [-0.2, 0) is 0 Å². The van der Waals surface area contributed by atoms with Crippen molar-refractivity contribution in [2.24, 2.45) is 5.92 Å². The summed E-state index contributed by atoms with van der Waals surface area (Å²) in [4.78, 5) is 2.50. The van der Waals surface area contributed by atoms with Crippen molar-refractivity contribution in [3.8, 4) is 0 Å². The van der Waals surface area contributed by atoms with Crippen LogP contribution in [0.4, 0.5) is 0 Å². The highest BCUT2D eigenvalue weighted by Crippen LogP contribution is 2.30. The molecule has 102 valence electrons. The van der Waals surface area contributed by atoms with Gasteiger partial charge in [-0.15, -0.1) is 0 Å². The van der Waals surface area contributed by atoms with E-state index in [1.54, 1.807) is 0 Å². The monoisotopic (exact) mass is 242 g/mol. The van der Waals surface area contributed by atoms with Gasteiger partial charge in [-0.3, -0.25) is 0 Å². The van der Waals surface area contributed by atoms with Crippen LogP contribution in [0.3, 0.4) is 0 Å². The van der Waals surface area contributed by atoms with Crippen molar-refractivity contribution < 1.29 is 5.11 Å². The van der Waals surface area contributed by atoms with Crippen LogP contribution in [0.5, 0.6) is 0 Å². The molecule has 3 heteroatoms. The average molecular weight is 242 g/mol. The van der Waals surface area contributed by atoms with Gasteiger partial charge < -0.3 is 15.3 Å². The number of nitrogens with one attached hydrogen (secondary N) is 1. The zero-order chi connectivity index (χ0) is 12.9. The minimum absolute atomic E-state index is 0.0351. The van der Waals surface area contributed by atoms with Gasteiger partial charge in [0.2, 0.25) is 0 Å². The zero-order valence-electron chi connectivity index (χ0n) is 12.0. The van der Waals surface area contributed by atoms with Crippen LogP contribution in [0.25, 0.3) is 0 Å². The molecule has 0 bridgehead atoms. The molecule has 1 aliphatic rings. The molecule has 0 aromatic heterocycles. The molecule has 3 atom stereocenters. The molecule has 1 fully saturated rings. The van der Waals surface area contributed by atoms with Crippen molar-refractivity contribution in [1.82, 2.24) is 10.2 Å². The standard InChI is InChI=1S/C14H30N2O/c1-5-12(2)10-16(4)13-7-6-8-14(9-13,11-17)15-3/h12-13,15,17H,5-11H2,1-4H3. The van der Waals surface area contributed by atoms with E-state index in [1.165, 1.54) is 25.8 Å². The van der Waals surface area contributed by atoms with Gasteiger partial charge in [0.25, 0.3) is 0 Å². The molecule has 3 nitrogen and oxygen atoms in total. The van der Waals surface area contributed by atoms with E-state index in [2.05, 4.69) is 31.1 Å². The van der Waals surface area contributed by atoms with E-state index in [1.807, 2.05) is 7.05 Å². The summed E-state index contributed by atoms with van der Waals surface area (Å²) in [5.74, 6) is 0.764. The van der Waals surface area contributed by atoms with Gasteiger partial charge in [0.15, 0.2) is 0 Å². The molecule has 0 aromatic carbocycles. The Morgan fingerprint density at radius 2 is 2.24 bits per heavy atom. The second-order valence-electron chi connectivity index (χ2n) is 5.89. The summed E-state index contributed by atoms with van der Waals surface area (Å²) in [5, 5.41) is 12.9. The summed E-state index contributed by atoms with van der Waals surface area (Å²) in [6.45, 7) is 6.01. The first kappa shape index (κ1) is 14.9. The third-order valence-corrected chi connectivity index (χ3v) is 4.57. The highest BCUT2D eigenvalue weighted by Gasteiger charge is 2.35. The quantitative estimate of drug-likeness (QED) is 0.746. The Morgan fingerprint density at radius 3 is 2.76 bits per heavy atom. The molecule has 1 rings (SSSR count). The predicted molar refractivity (Wildman–Crippen MR) is 73.2 cm³/mol.